The first-order chi connectivity index (χ1) is 13.5. The first-order valence-electron chi connectivity index (χ1n) is 9.65. The third kappa shape index (κ3) is 2.97. The summed E-state index contributed by atoms with van der Waals surface area (Å²) in [6.45, 7) is 4.49. The molecule has 4 rings (SSSR count). The second kappa shape index (κ2) is 7.16. The molecule has 0 heterocycles. The van der Waals surface area contributed by atoms with Crippen LogP contribution in [0.2, 0.25) is 0 Å². The van der Waals surface area contributed by atoms with Gasteiger partial charge in [0, 0.05) is 5.56 Å². The van der Waals surface area contributed by atoms with Crippen LogP contribution in [0.15, 0.2) is 54.6 Å². The number of rotatable bonds is 5. The summed E-state index contributed by atoms with van der Waals surface area (Å²) >= 11 is 0. The van der Waals surface area contributed by atoms with Gasteiger partial charge in [-0.15, -0.1) is 0 Å². The maximum Gasteiger partial charge on any atom is 0.339 e. The Morgan fingerprint density at radius 2 is 1.68 bits per heavy atom. The molecule has 3 aromatic rings. The highest BCUT2D eigenvalue weighted by Gasteiger charge is 2.26. The Balaban J connectivity index is 1.91. The quantitative estimate of drug-likeness (QED) is 0.479. The molecule has 142 valence electrons. The van der Waals surface area contributed by atoms with E-state index in [0.29, 0.717) is 11.7 Å². The third-order valence-corrected chi connectivity index (χ3v) is 5.42. The van der Waals surface area contributed by atoms with E-state index in [1.807, 2.05) is 6.07 Å². The third-order valence-electron chi connectivity index (χ3n) is 5.42. The van der Waals surface area contributed by atoms with Crippen LogP contribution in [-0.4, -0.2) is 18.2 Å². The van der Waals surface area contributed by atoms with Crippen LogP contribution in [0.4, 0.5) is 0 Å². The zero-order valence-electron chi connectivity index (χ0n) is 16.5. The molecule has 1 aliphatic rings. The van der Waals surface area contributed by atoms with Gasteiger partial charge in [0.1, 0.15) is 11.3 Å². The van der Waals surface area contributed by atoms with Crippen molar-refractivity contribution in [2.75, 3.05) is 7.11 Å². The van der Waals surface area contributed by atoms with Gasteiger partial charge < -0.3 is 9.84 Å². The standard InChI is InChI=1S/C25H24O3/c1-15(2)13-16-7-4-8-17-14-22-18(9-5-10-19(22)23(16)17)20-11-6-12-21(25(26)27)24(20)28-3/h4-12,15H,13-14H2,1-3H3,(H,26,27). The molecule has 28 heavy (non-hydrogen) atoms. The molecular formula is C25H24O3. The summed E-state index contributed by atoms with van der Waals surface area (Å²) in [6.07, 6.45) is 1.90. The summed E-state index contributed by atoms with van der Waals surface area (Å²) < 4.78 is 5.52. The predicted octanol–water partition coefficient (Wildman–Crippen LogP) is 5.83. The molecule has 0 saturated heterocycles. The molecule has 0 bridgehead atoms. The lowest BCUT2D eigenvalue weighted by Gasteiger charge is -2.15. The molecule has 0 saturated carbocycles. The molecule has 1 aliphatic carbocycles. The lowest BCUT2D eigenvalue weighted by Crippen LogP contribution is -2.02. The molecular weight excluding hydrogens is 348 g/mol. The van der Waals surface area contributed by atoms with Crippen molar-refractivity contribution in [3.63, 3.8) is 0 Å². The maximum absolute atomic E-state index is 11.6. The molecule has 3 heteroatoms. The molecule has 0 amide bonds. The first kappa shape index (κ1) is 18.3. The fraction of sp³-hybridized carbons (Fsp3) is 0.240. The van der Waals surface area contributed by atoms with Gasteiger partial charge in [-0.3, -0.25) is 0 Å². The molecule has 0 aromatic heterocycles. The topological polar surface area (TPSA) is 46.5 Å². The number of hydrogen-bond acceptors (Lipinski definition) is 2. The van der Waals surface area contributed by atoms with Crippen LogP contribution in [0.3, 0.4) is 0 Å². The van der Waals surface area contributed by atoms with Crippen LogP contribution in [-0.2, 0) is 12.8 Å². The van der Waals surface area contributed by atoms with E-state index < -0.39 is 5.97 Å². The van der Waals surface area contributed by atoms with Crippen LogP contribution in [0.5, 0.6) is 5.75 Å². The minimum absolute atomic E-state index is 0.189. The Hall–Kier alpha value is -3.07. The van der Waals surface area contributed by atoms with Crippen molar-refractivity contribution in [1.29, 1.82) is 0 Å². The molecule has 1 N–H and O–H groups in total. The number of carboxylic acids is 1. The summed E-state index contributed by atoms with van der Waals surface area (Å²) in [4.78, 5) is 11.6. The fourth-order valence-electron chi connectivity index (χ4n) is 4.35. The highest BCUT2D eigenvalue weighted by atomic mass is 16.5. The van der Waals surface area contributed by atoms with Crippen LogP contribution < -0.4 is 4.74 Å². The Kier molecular flexibility index (Phi) is 4.68. The number of carbonyl (C=O) groups is 1. The molecule has 0 aliphatic heterocycles. The van der Waals surface area contributed by atoms with Crippen molar-refractivity contribution in [2.24, 2.45) is 5.92 Å². The van der Waals surface area contributed by atoms with Crippen molar-refractivity contribution in [2.45, 2.75) is 26.7 Å². The van der Waals surface area contributed by atoms with Gasteiger partial charge in [-0.05, 0) is 58.2 Å². The van der Waals surface area contributed by atoms with E-state index in [4.69, 9.17) is 4.74 Å². The Morgan fingerprint density at radius 1 is 1.00 bits per heavy atom. The van der Waals surface area contributed by atoms with Gasteiger partial charge in [-0.25, -0.2) is 4.79 Å². The van der Waals surface area contributed by atoms with Gasteiger partial charge in [0.25, 0.3) is 0 Å². The minimum Gasteiger partial charge on any atom is -0.495 e. The molecule has 0 unspecified atom stereocenters. The average molecular weight is 372 g/mol. The Morgan fingerprint density at radius 3 is 2.39 bits per heavy atom. The van der Waals surface area contributed by atoms with E-state index in [1.54, 1.807) is 12.1 Å². The van der Waals surface area contributed by atoms with Crippen LogP contribution in [0.25, 0.3) is 22.3 Å². The van der Waals surface area contributed by atoms with Gasteiger partial charge in [0.15, 0.2) is 0 Å². The largest absolute Gasteiger partial charge is 0.495 e. The number of fused-ring (bicyclic) bond motifs is 3. The lowest BCUT2D eigenvalue weighted by atomic mass is 9.91. The Bertz CT molecular complexity index is 1060. The molecule has 0 radical (unpaired) electrons. The van der Waals surface area contributed by atoms with E-state index >= 15 is 0 Å². The second-order valence-electron chi connectivity index (χ2n) is 7.75. The smallest absolute Gasteiger partial charge is 0.339 e. The zero-order chi connectivity index (χ0) is 19.8. The molecule has 0 atom stereocenters. The zero-order valence-corrected chi connectivity index (χ0v) is 16.5. The van der Waals surface area contributed by atoms with E-state index in [0.717, 1.165) is 24.0 Å². The van der Waals surface area contributed by atoms with Gasteiger partial charge >= 0.3 is 5.97 Å². The highest BCUT2D eigenvalue weighted by molar-refractivity contribution is 5.96. The van der Waals surface area contributed by atoms with Crippen molar-refractivity contribution in [3.8, 4) is 28.0 Å². The van der Waals surface area contributed by atoms with Crippen LogP contribution in [0, 0.1) is 5.92 Å². The van der Waals surface area contributed by atoms with Crippen LogP contribution in [0.1, 0.15) is 40.9 Å². The van der Waals surface area contributed by atoms with Crippen molar-refractivity contribution >= 4 is 5.97 Å². The number of aromatic carboxylic acids is 1. The SMILES string of the molecule is COc1c(C(=O)O)cccc1-c1cccc2c1Cc1cccc(CC(C)C)c1-2. The van der Waals surface area contributed by atoms with Crippen molar-refractivity contribution < 1.29 is 14.6 Å². The average Bonchev–Trinajstić information content (AvgIpc) is 3.06. The number of methoxy groups -OCH3 is 1. The molecule has 0 spiro atoms. The van der Waals surface area contributed by atoms with Crippen molar-refractivity contribution in [3.05, 3.63) is 76.9 Å². The number of ether oxygens (including phenoxy) is 1. The second-order valence-corrected chi connectivity index (χ2v) is 7.75. The minimum atomic E-state index is -0.978. The van der Waals surface area contributed by atoms with Gasteiger partial charge in [0.05, 0.1) is 7.11 Å². The van der Waals surface area contributed by atoms with E-state index in [9.17, 15) is 9.90 Å². The molecule has 3 aromatic carbocycles. The predicted molar refractivity (Wildman–Crippen MR) is 112 cm³/mol. The number of carboxylic acid groups (broad SMARTS) is 1. The van der Waals surface area contributed by atoms with E-state index in [-0.39, 0.29) is 5.56 Å². The Labute approximate surface area is 165 Å². The summed E-state index contributed by atoms with van der Waals surface area (Å²) in [6, 6.07) is 18.2. The van der Waals surface area contributed by atoms with E-state index in [2.05, 4.69) is 50.2 Å². The first-order valence-corrected chi connectivity index (χ1v) is 9.65. The van der Waals surface area contributed by atoms with Gasteiger partial charge in [0.2, 0.25) is 0 Å². The van der Waals surface area contributed by atoms with Gasteiger partial charge in [-0.1, -0.05) is 62.4 Å². The van der Waals surface area contributed by atoms with E-state index in [1.165, 1.54) is 34.9 Å². The summed E-state index contributed by atoms with van der Waals surface area (Å²) in [7, 11) is 1.53. The summed E-state index contributed by atoms with van der Waals surface area (Å²) in [5.74, 6) is 0.0293. The van der Waals surface area contributed by atoms with Gasteiger partial charge in [-0.2, -0.15) is 0 Å². The van der Waals surface area contributed by atoms with Crippen molar-refractivity contribution in [1.82, 2.24) is 0 Å². The lowest BCUT2D eigenvalue weighted by molar-refractivity contribution is 0.0693. The number of para-hydroxylation sites is 1. The van der Waals surface area contributed by atoms with Crippen LogP contribution >= 0.6 is 0 Å². The number of hydrogen-bond donors (Lipinski definition) is 1. The highest BCUT2D eigenvalue weighted by Crippen LogP contribution is 2.45. The fourth-order valence-corrected chi connectivity index (χ4v) is 4.35. The normalized spacial score (nSPS) is 12.0. The summed E-state index contributed by atoms with van der Waals surface area (Å²) in [5, 5.41) is 9.54. The number of benzene rings is 3. The molecule has 3 nitrogen and oxygen atoms in total. The summed E-state index contributed by atoms with van der Waals surface area (Å²) in [5.41, 5.74) is 8.64. The maximum atomic E-state index is 11.6. The monoisotopic (exact) mass is 372 g/mol. The molecule has 0 fully saturated rings.